The number of carbonyl (C=O) groups excluding carboxylic acids is 1. The summed E-state index contributed by atoms with van der Waals surface area (Å²) in [7, 11) is 1.74. The van der Waals surface area contributed by atoms with Crippen LogP contribution in [0.2, 0.25) is 0 Å². The first-order valence-electron chi connectivity index (χ1n) is 5.82. The highest BCUT2D eigenvalue weighted by Crippen LogP contribution is 2.24. The molecule has 19 heavy (non-hydrogen) atoms. The number of carbonyl (C=O) groups is 1. The Morgan fingerprint density at radius 3 is 3.00 bits per heavy atom. The highest BCUT2D eigenvalue weighted by molar-refractivity contribution is 7.18. The lowest BCUT2D eigenvalue weighted by molar-refractivity contribution is 0.0959. The van der Waals surface area contributed by atoms with Gasteiger partial charge in [0.2, 0.25) is 0 Å². The Labute approximate surface area is 115 Å². The number of amides is 1. The van der Waals surface area contributed by atoms with E-state index in [4.69, 9.17) is 5.73 Å². The van der Waals surface area contributed by atoms with E-state index in [9.17, 15) is 4.79 Å². The second-order valence-corrected chi connectivity index (χ2v) is 4.85. The van der Waals surface area contributed by atoms with Crippen molar-refractivity contribution in [3.63, 3.8) is 0 Å². The average Bonchev–Trinajstić information content (AvgIpc) is 2.81. The molecule has 0 aliphatic heterocycles. The molecule has 0 aliphatic carbocycles. The van der Waals surface area contributed by atoms with Gasteiger partial charge in [0, 0.05) is 26.0 Å². The number of nitrogens with zero attached hydrogens (tertiary/aromatic N) is 2. The zero-order valence-electron chi connectivity index (χ0n) is 10.5. The molecule has 2 aromatic heterocycles. The number of nitrogen functional groups attached to an aromatic ring is 1. The number of anilines is 2. The molecule has 0 aromatic carbocycles. The van der Waals surface area contributed by atoms with Gasteiger partial charge in [0.1, 0.15) is 10.7 Å². The van der Waals surface area contributed by atoms with E-state index < -0.39 is 0 Å². The molecule has 0 fully saturated rings. The van der Waals surface area contributed by atoms with Gasteiger partial charge < -0.3 is 16.4 Å². The van der Waals surface area contributed by atoms with Gasteiger partial charge in [0.05, 0.1) is 0 Å². The van der Waals surface area contributed by atoms with E-state index in [1.807, 2.05) is 12.1 Å². The quantitative estimate of drug-likeness (QED) is 0.762. The number of pyridine rings is 1. The van der Waals surface area contributed by atoms with Crippen LogP contribution in [0.3, 0.4) is 0 Å². The molecule has 2 heterocycles. The van der Waals surface area contributed by atoms with Gasteiger partial charge in [-0.2, -0.15) is 0 Å². The molecule has 0 atom stereocenters. The molecule has 2 aromatic rings. The molecule has 100 valence electrons. The fraction of sp³-hybridized carbons (Fsp3) is 0.250. The Morgan fingerprint density at radius 1 is 1.53 bits per heavy atom. The third-order valence-electron chi connectivity index (χ3n) is 2.50. The van der Waals surface area contributed by atoms with Gasteiger partial charge >= 0.3 is 0 Å². The molecule has 0 bridgehead atoms. The Hall–Kier alpha value is -2.15. The zero-order valence-corrected chi connectivity index (χ0v) is 11.3. The van der Waals surface area contributed by atoms with E-state index in [-0.39, 0.29) is 11.7 Å². The van der Waals surface area contributed by atoms with E-state index in [0.717, 1.165) is 12.0 Å². The molecule has 4 N–H and O–H groups in total. The van der Waals surface area contributed by atoms with Crippen molar-refractivity contribution in [2.75, 3.05) is 24.6 Å². The van der Waals surface area contributed by atoms with Crippen LogP contribution in [0.25, 0.3) is 0 Å². The summed E-state index contributed by atoms with van der Waals surface area (Å²) in [5, 5.41) is 6.32. The SMILES string of the molecule is CNc1nc(N)c(C(=O)NCCc2cccnc2)s1. The number of thiazole rings is 1. The molecular weight excluding hydrogens is 262 g/mol. The molecule has 0 unspecified atom stereocenters. The van der Waals surface area contributed by atoms with Crippen molar-refractivity contribution in [2.45, 2.75) is 6.42 Å². The number of nitrogens with two attached hydrogens (primary N) is 1. The van der Waals surface area contributed by atoms with E-state index in [1.165, 1.54) is 11.3 Å². The minimum atomic E-state index is -0.194. The van der Waals surface area contributed by atoms with Crippen molar-refractivity contribution < 1.29 is 4.79 Å². The summed E-state index contributed by atoms with van der Waals surface area (Å²) in [5.41, 5.74) is 6.77. The van der Waals surface area contributed by atoms with Gasteiger partial charge in [-0.3, -0.25) is 9.78 Å². The van der Waals surface area contributed by atoms with Gasteiger partial charge in [-0.05, 0) is 18.1 Å². The van der Waals surface area contributed by atoms with Crippen LogP contribution in [-0.2, 0) is 6.42 Å². The Bertz CT molecular complexity index is 555. The van der Waals surface area contributed by atoms with Crippen LogP contribution in [0.1, 0.15) is 15.2 Å². The Balaban J connectivity index is 1.89. The first-order valence-corrected chi connectivity index (χ1v) is 6.63. The molecular formula is C12H15N5OS. The smallest absolute Gasteiger partial charge is 0.265 e. The Morgan fingerprint density at radius 2 is 2.37 bits per heavy atom. The summed E-state index contributed by atoms with van der Waals surface area (Å²) in [5.74, 6) is 0.0635. The maximum atomic E-state index is 11.9. The topological polar surface area (TPSA) is 92.9 Å². The van der Waals surface area contributed by atoms with Crippen LogP contribution in [0, 0.1) is 0 Å². The van der Waals surface area contributed by atoms with Crippen molar-refractivity contribution in [3.05, 3.63) is 35.0 Å². The Kier molecular flexibility index (Phi) is 4.30. The van der Waals surface area contributed by atoms with Crippen LogP contribution < -0.4 is 16.4 Å². The molecule has 2 rings (SSSR count). The lowest BCUT2D eigenvalue weighted by Crippen LogP contribution is -2.25. The fourth-order valence-electron chi connectivity index (χ4n) is 1.55. The van der Waals surface area contributed by atoms with Crippen LogP contribution in [0.5, 0.6) is 0 Å². The van der Waals surface area contributed by atoms with Gasteiger partial charge in [0.25, 0.3) is 5.91 Å². The molecule has 0 saturated heterocycles. The first kappa shape index (κ1) is 13.3. The molecule has 0 spiro atoms. The predicted octanol–water partition coefficient (Wildman–Crippen LogP) is 1.13. The van der Waals surface area contributed by atoms with Crippen molar-refractivity contribution in [1.82, 2.24) is 15.3 Å². The van der Waals surface area contributed by atoms with Crippen LogP contribution in [0.15, 0.2) is 24.5 Å². The number of hydrogen-bond acceptors (Lipinski definition) is 6. The summed E-state index contributed by atoms with van der Waals surface area (Å²) in [6, 6.07) is 3.84. The summed E-state index contributed by atoms with van der Waals surface area (Å²) >= 11 is 1.24. The standard InChI is InChI=1S/C12H15N5OS/c1-14-12-17-10(13)9(19-12)11(18)16-6-4-8-3-2-5-15-7-8/h2-3,5,7H,4,6,13H2,1H3,(H,14,17)(H,16,18). The first-order chi connectivity index (χ1) is 9.20. The number of nitrogens with one attached hydrogen (secondary N) is 2. The van der Waals surface area contributed by atoms with E-state index in [0.29, 0.717) is 16.6 Å². The number of aromatic nitrogens is 2. The van der Waals surface area contributed by atoms with E-state index in [1.54, 1.807) is 19.4 Å². The van der Waals surface area contributed by atoms with Gasteiger partial charge in [0.15, 0.2) is 5.13 Å². The van der Waals surface area contributed by atoms with Crippen molar-refractivity contribution in [2.24, 2.45) is 0 Å². The van der Waals surface area contributed by atoms with Crippen molar-refractivity contribution in [3.8, 4) is 0 Å². The summed E-state index contributed by atoms with van der Waals surface area (Å²) < 4.78 is 0. The molecule has 0 saturated carbocycles. The normalized spacial score (nSPS) is 10.2. The monoisotopic (exact) mass is 277 g/mol. The summed E-state index contributed by atoms with van der Waals surface area (Å²) in [4.78, 5) is 20.4. The van der Waals surface area contributed by atoms with Gasteiger partial charge in [-0.15, -0.1) is 0 Å². The van der Waals surface area contributed by atoms with Crippen molar-refractivity contribution >= 4 is 28.2 Å². The van der Waals surface area contributed by atoms with Crippen LogP contribution in [0.4, 0.5) is 10.9 Å². The lowest BCUT2D eigenvalue weighted by atomic mass is 10.2. The second kappa shape index (κ2) is 6.14. The van der Waals surface area contributed by atoms with Crippen LogP contribution >= 0.6 is 11.3 Å². The second-order valence-electron chi connectivity index (χ2n) is 3.85. The summed E-state index contributed by atoms with van der Waals surface area (Å²) in [6.07, 6.45) is 4.24. The maximum Gasteiger partial charge on any atom is 0.265 e. The maximum absolute atomic E-state index is 11.9. The van der Waals surface area contributed by atoms with Crippen molar-refractivity contribution in [1.29, 1.82) is 0 Å². The van der Waals surface area contributed by atoms with Gasteiger partial charge in [-0.25, -0.2) is 4.98 Å². The average molecular weight is 277 g/mol. The fourth-order valence-corrected chi connectivity index (χ4v) is 2.30. The molecule has 6 nitrogen and oxygen atoms in total. The molecule has 7 heteroatoms. The minimum Gasteiger partial charge on any atom is -0.382 e. The number of hydrogen-bond donors (Lipinski definition) is 3. The van der Waals surface area contributed by atoms with E-state index >= 15 is 0 Å². The molecule has 1 amide bonds. The van der Waals surface area contributed by atoms with Crippen LogP contribution in [-0.4, -0.2) is 29.5 Å². The molecule has 0 radical (unpaired) electrons. The highest BCUT2D eigenvalue weighted by atomic mass is 32.1. The molecule has 0 aliphatic rings. The lowest BCUT2D eigenvalue weighted by Gasteiger charge is -2.03. The van der Waals surface area contributed by atoms with E-state index in [2.05, 4.69) is 20.6 Å². The summed E-state index contributed by atoms with van der Waals surface area (Å²) in [6.45, 7) is 0.538. The minimum absolute atomic E-state index is 0.194. The van der Waals surface area contributed by atoms with Gasteiger partial charge in [-0.1, -0.05) is 17.4 Å². The highest BCUT2D eigenvalue weighted by Gasteiger charge is 2.14. The number of rotatable bonds is 5. The zero-order chi connectivity index (χ0) is 13.7. The third kappa shape index (κ3) is 3.41. The largest absolute Gasteiger partial charge is 0.382 e. The third-order valence-corrected chi connectivity index (χ3v) is 3.58. The predicted molar refractivity (Wildman–Crippen MR) is 76.3 cm³/mol.